The molecule has 1 saturated carbocycles. The topological polar surface area (TPSA) is 56.7 Å². The minimum Gasteiger partial charge on any atom is -0.356 e. The number of hydrogen-bond donors (Lipinski definition) is 2. The number of rotatable bonds is 5. The summed E-state index contributed by atoms with van der Waals surface area (Å²) in [5, 5.41) is 6.38. The molecule has 4 rings (SSSR count). The van der Waals surface area contributed by atoms with Crippen molar-refractivity contribution in [3.8, 4) is 0 Å². The van der Waals surface area contributed by atoms with Crippen LogP contribution in [-0.2, 0) is 23.2 Å². The molecule has 2 aromatic carbocycles. The Morgan fingerprint density at radius 1 is 1.10 bits per heavy atom. The van der Waals surface area contributed by atoms with E-state index in [9.17, 15) is 9.18 Å². The zero-order chi connectivity index (χ0) is 20.3. The van der Waals surface area contributed by atoms with Gasteiger partial charge in [0.2, 0.25) is 5.91 Å². The first-order valence-electron chi connectivity index (χ1n) is 10.2. The maximum absolute atomic E-state index is 14.2. The van der Waals surface area contributed by atoms with Crippen LogP contribution >= 0.6 is 0 Å². The second kappa shape index (κ2) is 8.23. The molecule has 0 bridgehead atoms. The standard InChI is InChI=1S/C23H27FN4O/c1-25-22(27-16-23(11-12-23)19-8-4-5-9-20(19)24)26-14-21(29)28-13-10-17-6-2-3-7-18(17)15-28/h2-9H,10-16H2,1H3,(H2,25,26,27). The summed E-state index contributed by atoms with van der Waals surface area (Å²) in [7, 11) is 1.68. The number of fused-ring (bicyclic) bond motifs is 1. The van der Waals surface area contributed by atoms with Crippen molar-refractivity contribution in [2.24, 2.45) is 4.99 Å². The van der Waals surface area contributed by atoms with Gasteiger partial charge in [-0.15, -0.1) is 0 Å². The molecule has 0 radical (unpaired) electrons. The van der Waals surface area contributed by atoms with E-state index in [2.05, 4.69) is 27.8 Å². The van der Waals surface area contributed by atoms with Gasteiger partial charge >= 0.3 is 0 Å². The Morgan fingerprint density at radius 3 is 2.55 bits per heavy atom. The SMILES string of the molecule is CN=C(NCC(=O)N1CCc2ccccc2C1)NCC1(c2ccccc2F)CC1. The van der Waals surface area contributed by atoms with Crippen LogP contribution in [0.3, 0.4) is 0 Å². The highest BCUT2D eigenvalue weighted by Crippen LogP contribution is 2.48. The van der Waals surface area contributed by atoms with Gasteiger partial charge in [0.05, 0.1) is 6.54 Å². The Bertz CT molecular complexity index is 923. The molecule has 1 fully saturated rings. The molecule has 2 aromatic rings. The van der Waals surface area contributed by atoms with E-state index in [-0.39, 0.29) is 23.7 Å². The third-order valence-electron chi connectivity index (χ3n) is 6.01. The van der Waals surface area contributed by atoms with Crippen LogP contribution in [0.25, 0.3) is 0 Å². The van der Waals surface area contributed by atoms with Gasteiger partial charge in [0.25, 0.3) is 0 Å². The summed E-state index contributed by atoms with van der Waals surface area (Å²) in [6.07, 6.45) is 2.79. The van der Waals surface area contributed by atoms with E-state index in [4.69, 9.17) is 0 Å². The molecule has 0 atom stereocenters. The van der Waals surface area contributed by atoms with Crippen molar-refractivity contribution in [2.45, 2.75) is 31.2 Å². The molecular formula is C23H27FN4O. The van der Waals surface area contributed by atoms with Crippen LogP contribution < -0.4 is 10.6 Å². The lowest BCUT2D eigenvalue weighted by Crippen LogP contribution is -2.47. The van der Waals surface area contributed by atoms with Gasteiger partial charge in [-0.3, -0.25) is 9.79 Å². The van der Waals surface area contributed by atoms with Crippen molar-refractivity contribution >= 4 is 11.9 Å². The highest BCUT2D eigenvalue weighted by Gasteiger charge is 2.45. The average Bonchev–Trinajstić information content (AvgIpc) is 3.54. The normalized spacial score (nSPS) is 17.4. The van der Waals surface area contributed by atoms with Crippen LogP contribution in [0.5, 0.6) is 0 Å². The van der Waals surface area contributed by atoms with E-state index in [1.807, 2.05) is 29.2 Å². The molecule has 152 valence electrons. The number of carbonyl (C=O) groups excluding carboxylic acids is 1. The summed E-state index contributed by atoms with van der Waals surface area (Å²) in [6, 6.07) is 15.2. The molecule has 5 nitrogen and oxygen atoms in total. The van der Waals surface area contributed by atoms with E-state index in [0.29, 0.717) is 19.0 Å². The lowest BCUT2D eigenvalue weighted by atomic mass is 9.95. The number of halogens is 1. The van der Waals surface area contributed by atoms with E-state index in [1.54, 1.807) is 13.1 Å². The van der Waals surface area contributed by atoms with E-state index < -0.39 is 0 Å². The zero-order valence-electron chi connectivity index (χ0n) is 16.7. The molecule has 1 amide bonds. The second-order valence-corrected chi connectivity index (χ2v) is 7.87. The summed E-state index contributed by atoms with van der Waals surface area (Å²) in [4.78, 5) is 18.7. The van der Waals surface area contributed by atoms with E-state index in [1.165, 1.54) is 17.2 Å². The number of benzene rings is 2. The molecule has 2 N–H and O–H groups in total. The fraction of sp³-hybridized carbons (Fsp3) is 0.391. The van der Waals surface area contributed by atoms with E-state index >= 15 is 0 Å². The third-order valence-corrected chi connectivity index (χ3v) is 6.01. The highest BCUT2D eigenvalue weighted by atomic mass is 19.1. The van der Waals surface area contributed by atoms with Gasteiger partial charge in [0.1, 0.15) is 5.82 Å². The fourth-order valence-electron chi connectivity index (χ4n) is 4.04. The number of guanidine groups is 1. The number of amides is 1. The quantitative estimate of drug-likeness (QED) is 0.606. The van der Waals surface area contributed by atoms with Gasteiger partial charge in [-0.05, 0) is 42.0 Å². The van der Waals surface area contributed by atoms with Crippen LogP contribution in [0.1, 0.15) is 29.5 Å². The molecule has 29 heavy (non-hydrogen) atoms. The molecular weight excluding hydrogens is 367 g/mol. The summed E-state index contributed by atoms with van der Waals surface area (Å²) in [5.74, 6) is 0.464. The Hall–Kier alpha value is -2.89. The molecule has 0 spiro atoms. The Labute approximate surface area is 171 Å². The lowest BCUT2D eigenvalue weighted by Gasteiger charge is -2.29. The van der Waals surface area contributed by atoms with Gasteiger partial charge < -0.3 is 15.5 Å². The highest BCUT2D eigenvalue weighted by molar-refractivity contribution is 5.86. The monoisotopic (exact) mass is 394 g/mol. The van der Waals surface area contributed by atoms with E-state index in [0.717, 1.165) is 31.4 Å². The number of carbonyl (C=O) groups is 1. The zero-order valence-corrected chi connectivity index (χ0v) is 16.7. The van der Waals surface area contributed by atoms with Crippen molar-refractivity contribution in [3.05, 3.63) is 71.0 Å². The van der Waals surface area contributed by atoms with Gasteiger partial charge in [-0.25, -0.2) is 4.39 Å². The smallest absolute Gasteiger partial charge is 0.242 e. The van der Waals surface area contributed by atoms with Gasteiger partial charge in [0, 0.05) is 32.1 Å². The second-order valence-electron chi connectivity index (χ2n) is 7.87. The number of aliphatic imine (C=N–C) groups is 1. The summed E-state index contributed by atoms with van der Waals surface area (Å²) in [6.45, 7) is 2.17. The molecule has 0 unspecified atom stereocenters. The molecule has 1 aliphatic carbocycles. The molecule has 6 heteroatoms. The third kappa shape index (κ3) is 4.26. The fourth-order valence-corrected chi connectivity index (χ4v) is 4.04. The van der Waals surface area contributed by atoms with Crippen LogP contribution in [0.15, 0.2) is 53.5 Å². The van der Waals surface area contributed by atoms with Crippen molar-refractivity contribution in [1.82, 2.24) is 15.5 Å². The first-order chi connectivity index (χ1) is 14.1. The minimum absolute atomic E-state index is 0.0534. The molecule has 0 saturated heterocycles. The van der Waals surface area contributed by atoms with Crippen LogP contribution in [0.4, 0.5) is 4.39 Å². The molecule has 1 aliphatic heterocycles. The van der Waals surface area contributed by atoms with Gasteiger partial charge in [-0.1, -0.05) is 42.5 Å². The molecule has 0 aromatic heterocycles. The van der Waals surface area contributed by atoms with Crippen molar-refractivity contribution in [2.75, 3.05) is 26.7 Å². The molecule has 2 aliphatic rings. The van der Waals surface area contributed by atoms with Crippen LogP contribution in [0.2, 0.25) is 0 Å². The van der Waals surface area contributed by atoms with Crippen LogP contribution in [0, 0.1) is 5.82 Å². The largest absolute Gasteiger partial charge is 0.356 e. The number of nitrogens with one attached hydrogen (secondary N) is 2. The maximum Gasteiger partial charge on any atom is 0.242 e. The van der Waals surface area contributed by atoms with Crippen molar-refractivity contribution < 1.29 is 9.18 Å². The summed E-state index contributed by atoms with van der Waals surface area (Å²) >= 11 is 0. The first-order valence-corrected chi connectivity index (χ1v) is 10.2. The number of hydrogen-bond acceptors (Lipinski definition) is 2. The Morgan fingerprint density at radius 2 is 1.83 bits per heavy atom. The lowest BCUT2D eigenvalue weighted by molar-refractivity contribution is -0.130. The predicted molar refractivity (Wildman–Crippen MR) is 112 cm³/mol. The van der Waals surface area contributed by atoms with Crippen molar-refractivity contribution in [1.29, 1.82) is 0 Å². The maximum atomic E-state index is 14.2. The average molecular weight is 394 g/mol. The molecule has 1 heterocycles. The van der Waals surface area contributed by atoms with Crippen LogP contribution in [-0.4, -0.2) is 43.4 Å². The Kier molecular flexibility index (Phi) is 5.51. The van der Waals surface area contributed by atoms with Gasteiger partial charge in [0.15, 0.2) is 5.96 Å². The minimum atomic E-state index is -0.177. The van der Waals surface area contributed by atoms with Gasteiger partial charge in [-0.2, -0.15) is 0 Å². The Balaban J connectivity index is 1.29. The predicted octanol–water partition coefficient (Wildman–Crippen LogP) is 2.61. The van der Waals surface area contributed by atoms with Crippen molar-refractivity contribution in [3.63, 3.8) is 0 Å². The summed E-state index contributed by atoms with van der Waals surface area (Å²) in [5.41, 5.74) is 3.12. The summed E-state index contributed by atoms with van der Waals surface area (Å²) < 4.78 is 14.2. The first kappa shape index (κ1) is 19.4. The number of nitrogens with zero attached hydrogens (tertiary/aromatic N) is 2.